The topological polar surface area (TPSA) is 64.4 Å². The number of rotatable bonds is 5. The first-order chi connectivity index (χ1) is 9.69. The van der Waals surface area contributed by atoms with Crippen molar-refractivity contribution >= 4 is 18.4 Å². The van der Waals surface area contributed by atoms with Gasteiger partial charge in [0.1, 0.15) is 0 Å². The summed E-state index contributed by atoms with van der Waals surface area (Å²) in [6.45, 7) is 1.99. The molecule has 20 heavy (non-hydrogen) atoms. The number of aryl methyl sites for hydroxylation is 1. The molecule has 106 valence electrons. The van der Waals surface area contributed by atoms with E-state index >= 15 is 0 Å². The van der Waals surface area contributed by atoms with Crippen LogP contribution in [0.3, 0.4) is 0 Å². The molecule has 6 nitrogen and oxygen atoms in total. The van der Waals surface area contributed by atoms with Crippen molar-refractivity contribution < 1.29 is 9.47 Å². The molecule has 0 saturated carbocycles. The Morgan fingerprint density at radius 1 is 1.35 bits per heavy atom. The van der Waals surface area contributed by atoms with Gasteiger partial charge in [-0.1, -0.05) is 6.92 Å². The number of H-pyrrole nitrogens is 1. The number of aromatic nitrogens is 3. The molecular weight excluding hydrogens is 276 g/mol. The van der Waals surface area contributed by atoms with Crippen LogP contribution < -0.4 is 9.47 Å². The van der Waals surface area contributed by atoms with E-state index in [1.54, 1.807) is 25.1 Å². The third-order valence-electron chi connectivity index (χ3n) is 2.76. The molecule has 2 aromatic rings. The van der Waals surface area contributed by atoms with Crippen molar-refractivity contribution in [2.24, 2.45) is 5.10 Å². The first kappa shape index (κ1) is 14.3. The summed E-state index contributed by atoms with van der Waals surface area (Å²) in [6.07, 6.45) is 2.45. The summed E-state index contributed by atoms with van der Waals surface area (Å²) in [4.78, 5) is 0. The molecule has 0 radical (unpaired) electrons. The SMILES string of the molecule is CCc1n[nH]c(=S)n1/N=C\c1ccc(OC)c(OC)c1. The molecule has 1 N–H and O–H groups in total. The number of nitrogens with one attached hydrogen (secondary N) is 1. The van der Waals surface area contributed by atoms with Crippen LogP contribution in [-0.2, 0) is 6.42 Å². The van der Waals surface area contributed by atoms with Gasteiger partial charge in [0, 0.05) is 6.42 Å². The molecule has 1 aromatic heterocycles. The summed E-state index contributed by atoms with van der Waals surface area (Å²) in [5, 5.41) is 11.2. The lowest BCUT2D eigenvalue weighted by molar-refractivity contribution is 0.355. The third-order valence-corrected chi connectivity index (χ3v) is 3.03. The van der Waals surface area contributed by atoms with Crippen molar-refractivity contribution in [1.82, 2.24) is 14.9 Å². The van der Waals surface area contributed by atoms with Gasteiger partial charge in [0.25, 0.3) is 0 Å². The maximum atomic E-state index is 5.25. The summed E-state index contributed by atoms with van der Waals surface area (Å²) in [7, 11) is 3.20. The summed E-state index contributed by atoms with van der Waals surface area (Å²) in [6, 6.07) is 5.56. The third kappa shape index (κ3) is 2.88. The van der Waals surface area contributed by atoms with E-state index in [-0.39, 0.29) is 0 Å². The van der Waals surface area contributed by atoms with Gasteiger partial charge in [-0.3, -0.25) is 5.10 Å². The Kier molecular flexibility index (Phi) is 4.52. The monoisotopic (exact) mass is 292 g/mol. The van der Waals surface area contributed by atoms with Crippen molar-refractivity contribution in [3.63, 3.8) is 0 Å². The maximum Gasteiger partial charge on any atom is 0.216 e. The average molecular weight is 292 g/mol. The molecular formula is C13H16N4O2S. The Morgan fingerprint density at radius 2 is 2.10 bits per heavy atom. The fraction of sp³-hybridized carbons (Fsp3) is 0.308. The van der Waals surface area contributed by atoms with Crippen LogP contribution >= 0.6 is 12.2 Å². The smallest absolute Gasteiger partial charge is 0.216 e. The molecule has 2 rings (SSSR count). The second kappa shape index (κ2) is 6.33. The van der Waals surface area contributed by atoms with E-state index in [0.29, 0.717) is 16.3 Å². The molecule has 7 heteroatoms. The van der Waals surface area contributed by atoms with Crippen LogP contribution in [0.5, 0.6) is 11.5 Å². The van der Waals surface area contributed by atoms with E-state index in [9.17, 15) is 0 Å². The lowest BCUT2D eigenvalue weighted by Crippen LogP contribution is -1.98. The quantitative estimate of drug-likeness (QED) is 0.679. The van der Waals surface area contributed by atoms with Crippen molar-refractivity contribution in [1.29, 1.82) is 0 Å². The predicted molar refractivity (Wildman–Crippen MR) is 79.3 cm³/mol. The van der Waals surface area contributed by atoms with Gasteiger partial charge in [-0.25, -0.2) is 0 Å². The zero-order valence-electron chi connectivity index (χ0n) is 11.6. The van der Waals surface area contributed by atoms with Gasteiger partial charge in [-0.15, -0.1) is 0 Å². The highest BCUT2D eigenvalue weighted by molar-refractivity contribution is 7.71. The van der Waals surface area contributed by atoms with E-state index in [4.69, 9.17) is 21.7 Å². The lowest BCUT2D eigenvalue weighted by atomic mass is 10.2. The van der Waals surface area contributed by atoms with Crippen molar-refractivity contribution in [3.05, 3.63) is 34.4 Å². The molecule has 0 bridgehead atoms. The number of hydrogen-bond donors (Lipinski definition) is 1. The Hall–Kier alpha value is -2.15. The minimum absolute atomic E-state index is 0.471. The van der Waals surface area contributed by atoms with Crippen LogP contribution in [0.2, 0.25) is 0 Å². The van der Waals surface area contributed by atoms with Crippen LogP contribution in [0, 0.1) is 4.77 Å². The number of aromatic amines is 1. The zero-order chi connectivity index (χ0) is 14.5. The fourth-order valence-electron chi connectivity index (χ4n) is 1.73. The Bertz CT molecular complexity index is 675. The first-order valence-electron chi connectivity index (χ1n) is 6.12. The summed E-state index contributed by atoms with van der Waals surface area (Å²) >= 11 is 5.13. The average Bonchev–Trinajstić information content (AvgIpc) is 2.85. The van der Waals surface area contributed by atoms with Gasteiger partial charge in [0.05, 0.1) is 20.4 Å². The van der Waals surface area contributed by atoms with E-state index in [0.717, 1.165) is 17.8 Å². The summed E-state index contributed by atoms with van der Waals surface area (Å²) < 4.78 is 12.5. The van der Waals surface area contributed by atoms with Crippen LogP contribution in [0.4, 0.5) is 0 Å². The second-order valence-electron chi connectivity index (χ2n) is 3.97. The largest absolute Gasteiger partial charge is 0.493 e. The van der Waals surface area contributed by atoms with Gasteiger partial charge in [0.2, 0.25) is 4.77 Å². The van der Waals surface area contributed by atoms with Crippen LogP contribution in [0.25, 0.3) is 0 Å². The highest BCUT2D eigenvalue weighted by Gasteiger charge is 2.04. The number of hydrogen-bond acceptors (Lipinski definition) is 5. The van der Waals surface area contributed by atoms with E-state index in [1.165, 1.54) is 0 Å². The highest BCUT2D eigenvalue weighted by Crippen LogP contribution is 2.26. The van der Waals surface area contributed by atoms with E-state index in [2.05, 4.69) is 15.3 Å². The zero-order valence-corrected chi connectivity index (χ0v) is 12.4. The van der Waals surface area contributed by atoms with E-state index < -0.39 is 0 Å². The standard InChI is InChI=1S/C13H16N4O2S/c1-4-12-15-16-13(20)17(12)14-8-9-5-6-10(18-2)11(7-9)19-3/h5-8H,4H2,1-3H3,(H,16,20)/b14-8-. The minimum atomic E-state index is 0.471. The highest BCUT2D eigenvalue weighted by atomic mass is 32.1. The second-order valence-corrected chi connectivity index (χ2v) is 4.36. The molecule has 0 saturated heterocycles. The Labute approximate surface area is 122 Å². The van der Waals surface area contributed by atoms with Crippen LogP contribution in [0.15, 0.2) is 23.3 Å². The van der Waals surface area contributed by atoms with Gasteiger partial charge in [0.15, 0.2) is 17.3 Å². The molecule has 0 atom stereocenters. The molecule has 0 aliphatic rings. The Morgan fingerprint density at radius 3 is 2.75 bits per heavy atom. The summed E-state index contributed by atoms with van der Waals surface area (Å²) in [5.41, 5.74) is 0.882. The Balaban J connectivity index is 2.32. The molecule has 0 amide bonds. The van der Waals surface area contributed by atoms with E-state index in [1.807, 2.05) is 25.1 Å². The normalized spacial score (nSPS) is 10.9. The minimum Gasteiger partial charge on any atom is -0.493 e. The lowest BCUT2D eigenvalue weighted by Gasteiger charge is -2.07. The molecule has 1 aromatic carbocycles. The van der Waals surface area contributed by atoms with Crippen LogP contribution in [0.1, 0.15) is 18.3 Å². The number of methoxy groups -OCH3 is 2. The molecule has 0 spiro atoms. The molecule has 0 aliphatic carbocycles. The summed E-state index contributed by atoms with van der Waals surface area (Å²) in [5.74, 6) is 2.12. The number of ether oxygens (including phenoxy) is 2. The maximum absolute atomic E-state index is 5.25. The predicted octanol–water partition coefficient (Wildman–Crippen LogP) is 2.40. The first-order valence-corrected chi connectivity index (χ1v) is 6.53. The number of nitrogens with zero attached hydrogens (tertiary/aromatic N) is 3. The fourth-order valence-corrected chi connectivity index (χ4v) is 1.93. The van der Waals surface area contributed by atoms with Crippen molar-refractivity contribution in [2.75, 3.05) is 14.2 Å². The number of benzene rings is 1. The molecule has 0 unspecified atom stereocenters. The van der Waals surface area contributed by atoms with Gasteiger partial charge >= 0.3 is 0 Å². The molecule has 0 aliphatic heterocycles. The van der Waals surface area contributed by atoms with Gasteiger partial charge < -0.3 is 9.47 Å². The van der Waals surface area contributed by atoms with Gasteiger partial charge in [-0.05, 0) is 36.0 Å². The molecule has 0 fully saturated rings. The van der Waals surface area contributed by atoms with Crippen molar-refractivity contribution in [3.8, 4) is 11.5 Å². The van der Waals surface area contributed by atoms with Gasteiger partial charge in [-0.2, -0.15) is 14.9 Å². The molecule has 1 heterocycles. The van der Waals surface area contributed by atoms with Crippen molar-refractivity contribution in [2.45, 2.75) is 13.3 Å². The van der Waals surface area contributed by atoms with Crippen LogP contribution in [-0.4, -0.2) is 35.3 Å².